The molecule has 0 heterocycles. The van der Waals surface area contributed by atoms with E-state index in [9.17, 15) is 9.90 Å². The molecule has 0 radical (unpaired) electrons. The van der Waals surface area contributed by atoms with E-state index in [1.807, 2.05) is 0 Å². The van der Waals surface area contributed by atoms with Crippen molar-refractivity contribution in [3.05, 3.63) is 12.3 Å². The monoisotopic (exact) mass is 138 g/mol. The third kappa shape index (κ3) is 8.01. The zero-order valence-corrected chi connectivity index (χ0v) is 7.59. The van der Waals surface area contributed by atoms with E-state index in [2.05, 4.69) is 4.74 Å². The number of hydrogen-bond acceptors (Lipinski definition) is 3. The molecule has 0 saturated heterocycles. The van der Waals surface area contributed by atoms with Gasteiger partial charge in [-0.15, -0.1) is 6.26 Å². The molecule has 0 bridgehead atoms. The molecule has 0 atom stereocenters. The van der Waals surface area contributed by atoms with Gasteiger partial charge < -0.3 is 9.84 Å². The van der Waals surface area contributed by atoms with Gasteiger partial charge in [0.2, 0.25) is 0 Å². The van der Waals surface area contributed by atoms with Crippen LogP contribution in [-0.2, 0) is 9.53 Å². The van der Waals surface area contributed by atoms with Crippen LogP contribution < -0.4 is 34.7 Å². The first-order valence-corrected chi connectivity index (χ1v) is 2.26. The molecular formula is C5H7NaO3. The van der Waals surface area contributed by atoms with Crippen molar-refractivity contribution in [1.82, 2.24) is 0 Å². The van der Waals surface area contributed by atoms with Crippen LogP contribution in [-0.4, -0.2) is 12.6 Å². The normalized spacial score (nSPS) is 8.56. The Morgan fingerprint density at radius 1 is 1.78 bits per heavy atom. The summed E-state index contributed by atoms with van der Waals surface area (Å²) in [6.07, 6.45) is 1.24. The molecule has 9 heavy (non-hydrogen) atoms. The van der Waals surface area contributed by atoms with E-state index in [-0.39, 0.29) is 29.6 Å². The third-order valence-corrected chi connectivity index (χ3v) is 0.491. The molecule has 0 N–H and O–H groups in total. The van der Waals surface area contributed by atoms with Gasteiger partial charge in [-0.3, -0.25) is 0 Å². The minimum Gasteiger partial charge on any atom is -0.878 e. The van der Waals surface area contributed by atoms with Gasteiger partial charge in [-0.2, -0.15) is 0 Å². The fourth-order valence-corrected chi connectivity index (χ4v) is 0.246. The average molecular weight is 138 g/mol. The summed E-state index contributed by atoms with van der Waals surface area (Å²) in [6.45, 7) is 1.99. The molecule has 0 saturated carbocycles. The Kier molecular flexibility index (Phi) is 10.5. The molecule has 0 amide bonds. The first-order valence-electron chi connectivity index (χ1n) is 2.26. The Labute approximate surface area is 76.0 Å². The SMILES string of the molecule is CCOC(=O)/C=C/[O-].[Na+]. The predicted octanol–water partition coefficient (Wildman–Crippen LogP) is -3.57. The van der Waals surface area contributed by atoms with Crippen LogP contribution in [0.3, 0.4) is 0 Å². The van der Waals surface area contributed by atoms with E-state index in [1.54, 1.807) is 6.92 Å². The van der Waals surface area contributed by atoms with Gasteiger partial charge in [0.1, 0.15) is 0 Å². The van der Waals surface area contributed by atoms with Gasteiger partial charge in [-0.1, -0.05) is 0 Å². The van der Waals surface area contributed by atoms with Crippen LogP contribution in [0.2, 0.25) is 0 Å². The van der Waals surface area contributed by atoms with Gasteiger partial charge in [-0.05, 0) is 6.92 Å². The van der Waals surface area contributed by atoms with Crippen molar-refractivity contribution in [2.75, 3.05) is 6.61 Å². The summed E-state index contributed by atoms with van der Waals surface area (Å²) >= 11 is 0. The van der Waals surface area contributed by atoms with E-state index in [0.29, 0.717) is 12.9 Å². The summed E-state index contributed by atoms with van der Waals surface area (Å²) in [5, 5.41) is 9.53. The number of carbonyl (C=O) groups is 1. The van der Waals surface area contributed by atoms with Gasteiger partial charge in [-0.25, -0.2) is 4.79 Å². The Morgan fingerprint density at radius 3 is 2.67 bits per heavy atom. The summed E-state index contributed by atoms with van der Waals surface area (Å²) < 4.78 is 4.36. The van der Waals surface area contributed by atoms with Gasteiger partial charge in [0.15, 0.2) is 0 Å². The topological polar surface area (TPSA) is 49.4 Å². The molecule has 4 heteroatoms. The fraction of sp³-hybridized carbons (Fsp3) is 0.400. The molecule has 46 valence electrons. The summed E-state index contributed by atoms with van der Waals surface area (Å²) in [5.41, 5.74) is 0. The van der Waals surface area contributed by atoms with Crippen molar-refractivity contribution >= 4 is 5.97 Å². The third-order valence-electron chi connectivity index (χ3n) is 0.491. The molecule has 0 unspecified atom stereocenters. The van der Waals surface area contributed by atoms with Gasteiger partial charge in [0.05, 0.1) is 6.61 Å². The molecule has 0 rings (SSSR count). The number of carbonyl (C=O) groups excluding carboxylic acids is 1. The zero-order valence-electron chi connectivity index (χ0n) is 5.59. The van der Waals surface area contributed by atoms with E-state index in [1.165, 1.54) is 0 Å². The molecular weight excluding hydrogens is 131 g/mol. The number of esters is 1. The van der Waals surface area contributed by atoms with E-state index in [4.69, 9.17) is 0 Å². The maximum Gasteiger partial charge on any atom is 1.00 e. The molecule has 0 aliphatic heterocycles. The van der Waals surface area contributed by atoms with E-state index in [0.717, 1.165) is 6.08 Å². The first-order chi connectivity index (χ1) is 3.81. The first kappa shape index (κ1) is 11.8. The van der Waals surface area contributed by atoms with Crippen LogP contribution in [0.1, 0.15) is 6.92 Å². The van der Waals surface area contributed by atoms with Crippen molar-refractivity contribution in [1.29, 1.82) is 0 Å². The minimum absolute atomic E-state index is 0. The Bertz CT molecular complexity index is 100. The molecule has 0 fully saturated rings. The van der Waals surface area contributed by atoms with Crippen LogP contribution in [0.4, 0.5) is 0 Å². The summed E-state index contributed by atoms with van der Waals surface area (Å²) in [6, 6.07) is 0. The number of rotatable bonds is 2. The van der Waals surface area contributed by atoms with Gasteiger partial charge in [0.25, 0.3) is 0 Å². The second kappa shape index (κ2) is 8.01. The number of ether oxygens (including phenoxy) is 1. The van der Waals surface area contributed by atoms with Gasteiger partial charge >= 0.3 is 35.5 Å². The Hall–Kier alpha value is 0.0100. The maximum atomic E-state index is 10.1. The molecule has 0 spiro atoms. The molecule has 0 aromatic carbocycles. The molecule has 0 aliphatic rings. The summed E-state index contributed by atoms with van der Waals surface area (Å²) in [7, 11) is 0. The van der Waals surface area contributed by atoms with E-state index < -0.39 is 5.97 Å². The second-order valence-electron chi connectivity index (χ2n) is 1.05. The van der Waals surface area contributed by atoms with Crippen LogP contribution in [0.25, 0.3) is 0 Å². The van der Waals surface area contributed by atoms with Crippen molar-refractivity contribution in [3.8, 4) is 0 Å². The predicted molar refractivity (Wildman–Crippen MR) is 25.8 cm³/mol. The molecule has 0 aromatic rings. The van der Waals surface area contributed by atoms with Crippen LogP contribution in [0.15, 0.2) is 12.3 Å². The van der Waals surface area contributed by atoms with Crippen LogP contribution in [0.5, 0.6) is 0 Å². The second-order valence-corrected chi connectivity index (χ2v) is 1.05. The summed E-state index contributed by atoms with van der Waals surface area (Å²) in [5.74, 6) is -0.581. The van der Waals surface area contributed by atoms with Crippen molar-refractivity contribution in [3.63, 3.8) is 0 Å². The summed E-state index contributed by atoms with van der Waals surface area (Å²) in [4.78, 5) is 10.1. The van der Waals surface area contributed by atoms with Crippen molar-refractivity contribution in [2.24, 2.45) is 0 Å². The smallest absolute Gasteiger partial charge is 0.878 e. The van der Waals surface area contributed by atoms with Crippen LogP contribution >= 0.6 is 0 Å². The van der Waals surface area contributed by atoms with Gasteiger partial charge in [0, 0.05) is 6.08 Å². The largest absolute Gasteiger partial charge is 1.00 e. The minimum atomic E-state index is -0.581. The van der Waals surface area contributed by atoms with Crippen LogP contribution in [0, 0.1) is 0 Å². The Morgan fingerprint density at radius 2 is 2.33 bits per heavy atom. The Balaban J connectivity index is 0. The molecule has 3 nitrogen and oxygen atoms in total. The van der Waals surface area contributed by atoms with Crippen molar-refractivity contribution < 1.29 is 44.2 Å². The zero-order chi connectivity index (χ0) is 6.41. The van der Waals surface area contributed by atoms with E-state index >= 15 is 0 Å². The standard InChI is InChI=1S/C5H8O3.Na/c1-2-8-5(7)3-4-6;/h3-4,6H,2H2,1H3;/q;+1/p-1/b4-3+;. The number of hydrogen-bond donors (Lipinski definition) is 0. The quantitative estimate of drug-likeness (QED) is 0.172. The fourth-order valence-electron chi connectivity index (χ4n) is 0.246. The van der Waals surface area contributed by atoms with Crippen molar-refractivity contribution in [2.45, 2.75) is 6.92 Å². The average Bonchev–Trinajstić information content (AvgIpc) is 1.68. The molecule has 0 aromatic heterocycles. The maximum absolute atomic E-state index is 10.1. The molecule has 0 aliphatic carbocycles.